The highest BCUT2D eigenvalue weighted by atomic mass is 16.5. The molecule has 108 valence electrons. The van der Waals surface area contributed by atoms with Crippen molar-refractivity contribution in [3.05, 3.63) is 29.8 Å². The lowest BCUT2D eigenvalue weighted by Crippen LogP contribution is -2.33. The van der Waals surface area contributed by atoms with Crippen molar-refractivity contribution in [1.82, 2.24) is 5.32 Å². The summed E-state index contributed by atoms with van der Waals surface area (Å²) in [4.78, 5) is 0. The molecule has 0 aliphatic carbocycles. The first-order chi connectivity index (χ1) is 8.92. The van der Waals surface area contributed by atoms with Crippen molar-refractivity contribution >= 4 is 0 Å². The van der Waals surface area contributed by atoms with Gasteiger partial charge < -0.3 is 19.9 Å². The molecule has 0 bridgehead atoms. The Morgan fingerprint density at radius 2 is 1.95 bits per heavy atom. The number of aliphatic hydroxyl groups is 1. The molecule has 0 spiro atoms. The van der Waals surface area contributed by atoms with Gasteiger partial charge in [0.1, 0.15) is 5.75 Å². The average Bonchev–Trinajstić information content (AvgIpc) is 2.36. The second-order valence-corrected chi connectivity index (χ2v) is 5.52. The molecule has 0 saturated heterocycles. The molecule has 1 rings (SSSR count). The molecule has 1 aromatic carbocycles. The van der Waals surface area contributed by atoms with E-state index in [4.69, 9.17) is 9.47 Å². The molecule has 2 N–H and O–H groups in total. The normalized spacial score (nSPS) is 13.3. The predicted octanol–water partition coefficient (Wildman–Crippen LogP) is 1.96. The van der Waals surface area contributed by atoms with Gasteiger partial charge in [0.15, 0.2) is 0 Å². The zero-order valence-electron chi connectivity index (χ0n) is 12.3. The summed E-state index contributed by atoms with van der Waals surface area (Å²) in [6.45, 7) is 7.42. The number of nitrogens with one attached hydrogen (secondary N) is 1. The van der Waals surface area contributed by atoms with Crippen molar-refractivity contribution in [2.75, 3.05) is 20.3 Å². The van der Waals surface area contributed by atoms with Gasteiger partial charge in [-0.1, -0.05) is 18.2 Å². The van der Waals surface area contributed by atoms with E-state index in [-0.39, 0.29) is 5.60 Å². The highest BCUT2D eigenvalue weighted by molar-refractivity contribution is 5.32. The first-order valence-electron chi connectivity index (χ1n) is 6.57. The summed E-state index contributed by atoms with van der Waals surface area (Å²) in [7, 11) is 1.66. The smallest absolute Gasteiger partial charge is 0.123 e. The maximum absolute atomic E-state index is 9.80. The van der Waals surface area contributed by atoms with Crippen LogP contribution in [0.5, 0.6) is 5.75 Å². The first kappa shape index (κ1) is 16.0. The van der Waals surface area contributed by atoms with Gasteiger partial charge in [-0.15, -0.1) is 0 Å². The number of rotatable bonds is 7. The van der Waals surface area contributed by atoms with E-state index in [0.29, 0.717) is 19.7 Å². The highest BCUT2D eigenvalue weighted by Gasteiger charge is 2.13. The first-order valence-corrected chi connectivity index (χ1v) is 6.57. The van der Waals surface area contributed by atoms with Crippen LogP contribution >= 0.6 is 0 Å². The Morgan fingerprint density at radius 1 is 1.26 bits per heavy atom. The zero-order chi connectivity index (χ0) is 14.3. The van der Waals surface area contributed by atoms with Gasteiger partial charge in [-0.3, -0.25) is 0 Å². The van der Waals surface area contributed by atoms with Gasteiger partial charge in [-0.2, -0.15) is 0 Å². The van der Waals surface area contributed by atoms with E-state index in [1.807, 2.05) is 45.0 Å². The molecule has 0 saturated carbocycles. The maximum atomic E-state index is 9.80. The lowest BCUT2D eigenvalue weighted by Gasteiger charge is -2.22. The lowest BCUT2D eigenvalue weighted by molar-refractivity contribution is -0.0479. The fraction of sp³-hybridized carbons (Fsp3) is 0.600. The van der Waals surface area contributed by atoms with Gasteiger partial charge in [0.2, 0.25) is 0 Å². The van der Waals surface area contributed by atoms with E-state index >= 15 is 0 Å². The SMILES string of the molecule is COc1ccccc1CNCC(O)COC(C)(C)C. The Morgan fingerprint density at radius 3 is 2.58 bits per heavy atom. The van der Waals surface area contributed by atoms with Crippen LogP contribution < -0.4 is 10.1 Å². The van der Waals surface area contributed by atoms with Crippen LogP contribution in [0.15, 0.2) is 24.3 Å². The molecule has 1 unspecified atom stereocenters. The third-order valence-electron chi connectivity index (χ3n) is 2.60. The Balaban J connectivity index is 2.30. The molecule has 0 heterocycles. The molecule has 4 heteroatoms. The fourth-order valence-corrected chi connectivity index (χ4v) is 1.63. The van der Waals surface area contributed by atoms with Crippen LogP contribution in [0.25, 0.3) is 0 Å². The molecule has 1 aromatic rings. The van der Waals surface area contributed by atoms with Crippen LogP contribution in [0, 0.1) is 0 Å². The van der Waals surface area contributed by atoms with E-state index in [1.165, 1.54) is 0 Å². The number of para-hydroxylation sites is 1. The summed E-state index contributed by atoms with van der Waals surface area (Å²) < 4.78 is 10.8. The number of hydrogen-bond acceptors (Lipinski definition) is 4. The monoisotopic (exact) mass is 267 g/mol. The fourth-order valence-electron chi connectivity index (χ4n) is 1.63. The van der Waals surface area contributed by atoms with Gasteiger partial charge in [0.25, 0.3) is 0 Å². The summed E-state index contributed by atoms with van der Waals surface area (Å²) in [6, 6.07) is 7.84. The van der Waals surface area contributed by atoms with E-state index < -0.39 is 6.10 Å². The number of aliphatic hydroxyl groups excluding tert-OH is 1. The van der Waals surface area contributed by atoms with Crippen LogP contribution in [0.1, 0.15) is 26.3 Å². The molecule has 0 radical (unpaired) electrons. The number of methoxy groups -OCH3 is 1. The molecule has 0 aliphatic heterocycles. The minimum atomic E-state index is -0.506. The number of hydrogen-bond donors (Lipinski definition) is 2. The van der Waals surface area contributed by atoms with Crippen LogP contribution in [-0.4, -0.2) is 37.1 Å². The summed E-state index contributed by atoms with van der Waals surface area (Å²) in [6.07, 6.45) is -0.506. The van der Waals surface area contributed by atoms with Gasteiger partial charge >= 0.3 is 0 Å². The molecule has 0 aliphatic rings. The Hall–Kier alpha value is -1.10. The molecular formula is C15H25NO3. The van der Waals surface area contributed by atoms with Crippen molar-refractivity contribution in [3.63, 3.8) is 0 Å². The molecule has 19 heavy (non-hydrogen) atoms. The molecule has 1 atom stereocenters. The second-order valence-electron chi connectivity index (χ2n) is 5.52. The minimum absolute atomic E-state index is 0.219. The van der Waals surface area contributed by atoms with E-state index in [0.717, 1.165) is 11.3 Å². The summed E-state index contributed by atoms with van der Waals surface area (Å²) in [5.74, 6) is 0.857. The highest BCUT2D eigenvalue weighted by Crippen LogP contribution is 2.16. The third-order valence-corrected chi connectivity index (χ3v) is 2.60. The number of benzene rings is 1. The van der Waals surface area contributed by atoms with E-state index in [9.17, 15) is 5.11 Å². The van der Waals surface area contributed by atoms with Crippen molar-refractivity contribution < 1.29 is 14.6 Å². The third kappa shape index (κ3) is 6.57. The van der Waals surface area contributed by atoms with Gasteiger partial charge in [-0.25, -0.2) is 0 Å². The van der Waals surface area contributed by atoms with Crippen LogP contribution in [0.4, 0.5) is 0 Å². The standard InChI is InChI=1S/C15H25NO3/c1-15(2,3)19-11-13(17)10-16-9-12-7-5-6-8-14(12)18-4/h5-8,13,16-17H,9-11H2,1-4H3. The van der Waals surface area contributed by atoms with Crippen LogP contribution in [-0.2, 0) is 11.3 Å². The predicted molar refractivity (Wildman–Crippen MR) is 76.4 cm³/mol. The van der Waals surface area contributed by atoms with Crippen molar-refractivity contribution in [2.24, 2.45) is 0 Å². The quantitative estimate of drug-likeness (QED) is 0.793. The second kappa shape index (κ2) is 7.48. The van der Waals surface area contributed by atoms with E-state index in [1.54, 1.807) is 7.11 Å². The average molecular weight is 267 g/mol. The van der Waals surface area contributed by atoms with Crippen molar-refractivity contribution in [1.29, 1.82) is 0 Å². The summed E-state index contributed by atoms with van der Waals surface area (Å²) in [5.41, 5.74) is 0.859. The van der Waals surface area contributed by atoms with Crippen LogP contribution in [0.2, 0.25) is 0 Å². The maximum Gasteiger partial charge on any atom is 0.123 e. The zero-order valence-corrected chi connectivity index (χ0v) is 12.3. The molecule has 0 fully saturated rings. The minimum Gasteiger partial charge on any atom is -0.496 e. The summed E-state index contributed by atoms with van der Waals surface area (Å²) >= 11 is 0. The van der Waals surface area contributed by atoms with E-state index in [2.05, 4.69) is 5.32 Å². The Bertz CT molecular complexity index is 374. The Labute approximate surface area is 115 Å². The van der Waals surface area contributed by atoms with Crippen molar-refractivity contribution in [2.45, 2.75) is 39.0 Å². The van der Waals surface area contributed by atoms with Crippen molar-refractivity contribution in [3.8, 4) is 5.75 Å². The molecule has 0 aromatic heterocycles. The largest absolute Gasteiger partial charge is 0.496 e. The summed E-state index contributed by atoms with van der Waals surface area (Å²) in [5, 5.41) is 13.0. The van der Waals surface area contributed by atoms with Crippen LogP contribution in [0.3, 0.4) is 0 Å². The van der Waals surface area contributed by atoms with Gasteiger partial charge in [0.05, 0.1) is 25.4 Å². The Kier molecular flexibility index (Phi) is 6.28. The number of ether oxygens (including phenoxy) is 2. The molecule has 0 amide bonds. The van der Waals surface area contributed by atoms with Gasteiger partial charge in [-0.05, 0) is 26.8 Å². The molecular weight excluding hydrogens is 242 g/mol. The topological polar surface area (TPSA) is 50.7 Å². The van der Waals surface area contributed by atoms with Gasteiger partial charge in [0, 0.05) is 18.7 Å². The molecule has 4 nitrogen and oxygen atoms in total. The lowest BCUT2D eigenvalue weighted by atomic mass is 10.2.